The van der Waals surface area contributed by atoms with Crippen LogP contribution in [0.15, 0.2) is 15.6 Å². The van der Waals surface area contributed by atoms with E-state index in [-0.39, 0.29) is 0 Å². The van der Waals surface area contributed by atoms with E-state index in [4.69, 9.17) is 9.52 Å². The quantitative estimate of drug-likeness (QED) is 0.580. The maximum Gasteiger partial charge on any atom is 0.194 e. The Morgan fingerprint density at radius 1 is 1.30 bits per heavy atom. The highest BCUT2D eigenvalue weighted by Crippen LogP contribution is 2.21. The maximum absolute atomic E-state index is 5.18. The van der Waals surface area contributed by atoms with Crippen LogP contribution in [0.1, 0.15) is 44.1 Å². The third kappa shape index (κ3) is 5.94. The third-order valence-electron chi connectivity index (χ3n) is 5.73. The Kier molecular flexibility index (Phi) is 7.52. The summed E-state index contributed by atoms with van der Waals surface area (Å²) >= 11 is 0. The fraction of sp³-hybridized carbons (Fsp3) is 0.800. The zero-order valence-electron chi connectivity index (χ0n) is 17.3. The second-order valence-electron chi connectivity index (χ2n) is 7.85. The van der Waals surface area contributed by atoms with Crippen LogP contribution in [0, 0.1) is 6.92 Å². The minimum Gasteiger partial charge on any atom is -0.361 e. The van der Waals surface area contributed by atoms with Gasteiger partial charge in [-0.2, -0.15) is 0 Å². The van der Waals surface area contributed by atoms with E-state index in [0.29, 0.717) is 0 Å². The Hall–Kier alpha value is -1.60. The Morgan fingerprint density at radius 2 is 2.04 bits per heavy atom. The van der Waals surface area contributed by atoms with E-state index in [1.165, 1.54) is 25.7 Å². The summed E-state index contributed by atoms with van der Waals surface area (Å²) in [5, 5.41) is 7.59. The highest BCUT2D eigenvalue weighted by molar-refractivity contribution is 5.80. The van der Waals surface area contributed by atoms with Crippen molar-refractivity contribution >= 4 is 5.96 Å². The number of nitrogens with one attached hydrogen (secondary N) is 1. The van der Waals surface area contributed by atoms with E-state index in [1.54, 1.807) is 0 Å². The van der Waals surface area contributed by atoms with Gasteiger partial charge < -0.3 is 19.6 Å². The van der Waals surface area contributed by atoms with Crippen molar-refractivity contribution in [1.29, 1.82) is 0 Å². The summed E-state index contributed by atoms with van der Waals surface area (Å²) in [6.07, 6.45) is 5.48. The fourth-order valence-electron chi connectivity index (χ4n) is 4.11. The summed E-state index contributed by atoms with van der Waals surface area (Å²) in [6.45, 7) is 11.8. The molecule has 0 radical (unpaired) electrons. The molecule has 1 N–H and O–H groups in total. The van der Waals surface area contributed by atoms with E-state index < -0.39 is 0 Å². The number of nitrogens with zero attached hydrogens (tertiary/aromatic N) is 5. The summed E-state index contributed by atoms with van der Waals surface area (Å²) in [6, 6.07) is 2.80. The molecule has 1 saturated heterocycles. The first-order chi connectivity index (χ1) is 13.2. The van der Waals surface area contributed by atoms with Crippen molar-refractivity contribution in [3.05, 3.63) is 17.5 Å². The van der Waals surface area contributed by atoms with Gasteiger partial charge in [-0.25, -0.2) is 0 Å². The largest absolute Gasteiger partial charge is 0.361 e. The van der Waals surface area contributed by atoms with Crippen LogP contribution < -0.4 is 5.32 Å². The average Bonchev–Trinajstić information content (AvgIpc) is 3.34. The minimum absolute atomic E-state index is 0.770. The molecule has 0 aromatic carbocycles. The molecule has 7 heteroatoms. The molecule has 7 nitrogen and oxygen atoms in total. The normalized spacial score (nSPS) is 20.0. The summed E-state index contributed by atoms with van der Waals surface area (Å²) in [5.41, 5.74) is 1.02. The van der Waals surface area contributed by atoms with Crippen LogP contribution in [-0.2, 0) is 6.54 Å². The van der Waals surface area contributed by atoms with Crippen LogP contribution in [0.2, 0.25) is 0 Å². The SMILES string of the molecule is CCNC(=NCCN(C)C1CCCC1)N1CCN(Cc2cc(C)on2)CC1. The number of aryl methyl sites for hydroxylation is 1. The number of aromatic nitrogens is 1. The first-order valence-electron chi connectivity index (χ1n) is 10.5. The van der Waals surface area contributed by atoms with Gasteiger partial charge in [-0.3, -0.25) is 9.89 Å². The lowest BCUT2D eigenvalue weighted by Crippen LogP contribution is -2.52. The third-order valence-corrected chi connectivity index (χ3v) is 5.73. The van der Waals surface area contributed by atoms with E-state index in [0.717, 1.165) is 75.8 Å². The molecule has 2 fully saturated rings. The van der Waals surface area contributed by atoms with Gasteiger partial charge in [0.25, 0.3) is 0 Å². The van der Waals surface area contributed by atoms with Gasteiger partial charge in [0.05, 0.1) is 12.2 Å². The average molecular weight is 377 g/mol. The molecule has 0 bridgehead atoms. The first kappa shape index (κ1) is 20.1. The van der Waals surface area contributed by atoms with Gasteiger partial charge in [-0.1, -0.05) is 18.0 Å². The number of likely N-dealkylation sites (N-methyl/N-ethyl adjacent to an activating group) is 1. The van der Waals surface area contributed by atoms with Gasteiger partial charge >= 0.3 is 0 Å². The smallest absolute Gasteiger partial charge is 0.194 e. The summed E-state index contributed by atoms with van der Waals surface area (Å²) in [5.74, 6) is 1.95. The van der Waals surface area contributed by atoms with Crippen molar-refractivity contribution in [3.63, 3.8) is 0 Å². The molecule has 0 atom stereocenters. The molecular formula is C20H36N6O. The molecular weight excluding hydrogens is 340 g/mol. The van der Waals surface area contributed by atoms with Crippen LogP contribution in [0.3, 0.4) is 0 Å². The number of piperazine rings is 1. The van der Waals surface area contributed by atoms with Gasteiger partial charge in [0, 0.05) is 57.9 Å². The molecule has 1 aliphatic heterocycles. The summed E-state index contributed by atoms with van der Waals surface area (Å²) < 4.78 is 5.18. The maximum atomic E-state index is 5.18. The van der Waals surface area contributed by atoms with E-state index in [2.05, 4.69) is 39.1 Å². The van der Waals surface area contributed by atoms with Crippen molar-refractivity contribution < 1.29 is 4.52 Å². The standard InChI is InChI=1S/C20H36N6O/c1-4-21-20(22-9-10-24(3)19-7-5-6-8-19)26-13-11-25(12-14-26)16-18-15-17(2)27-23-18/h15,19H,4-14,16H2,1-3H3,(H,21,22). The monoisotopic (exact) mass is 376 g/mol. The van der Waals surface area contributed by atoms with Crippen LogP contribution in [0.4, 0.5) is 0 Å². The molecule has 27 heavy (non-hydrogen) atoms. The van der Waals surface area contributed by atoms with Crippen molar-refractivity contribution in [3.8, 4) is 0 Å². The van der Waals surface area contributed by atoms with Gasteiger partial charge in [0.2, 0.25) is 0 Å². The topological polar surface area (TPSA) is 60.1 Å². The van der Waals surface area contributed by atoms with Crippen molar-refractivity contribution in [2.45, 2.75) is 52.1 Å². The molecule has 1 aliphatic carbocycles. The molecule has 3 rings (SSSR count). The second kappa shape index (κ2) is 10.1. The Morgan fingerprint density at radius 3 is 2.67 bits per heavy atom. The predicted octanol–water partition coefficient (Wildman–Crippen LogP) is 1.94. The molecule has 2 aliphatic rings. The van der Waals surface area contributed by atoms with Crippen molar-refractivity contribution in [2.24, 2.45) is 4.99 Å². The van der Waals surface area contributed by atoms with Gasteiger partial charge in [-0.15, -0.1) is 0 Å². The number of aliphatic imine (C=N–C) groups is 1. The molecule has 1 saturated carbocycles. The van der Waals surface area contributed by atoms with Gasteiger partial charge in [-0.05, 0) is 33.7 Å². The van der Waals surface area contributed by atoms with Crippen molar-refractivity contribution in [1.82, 2.24) is 25.2 Å². The molecule has 0 unspecified atom stereocenters. The summed E-state index contributed by atoms with van der Waals surface area (Å²) in [4.78, 5) is 12.2. The molecule has 2 heterocycles. The van der Waals surface area contributed by atoms with E-state index in [9.17, 15) is 0 Å². The Bertz CT molecular complexity index is 587. The molecule has 0 amide bonds. The zero-order valence-corrected chi connectivity index (χ0v) is 17.3. The number of guanidine groups is 1. The summed E-state index contributed by atoms with van der Waals surface area (Å²) in [7, 11) is 2.25. The molecule has 0 spiro atoms. The Labute approximate surface area is 163 Å². The first-order valence-corrected chi connectivity index (χ1v) is 10.5. The minimum atomic E-state index is 0.770. The zero-order chi connectivity index (χ0) is 19.1. The van der Waals surface area contributed by atoms with E-state index in [1.807, 2.05) is 13.0 Å². The molecule has 1 aromatic rings. The molecule has 152 valence electrons. The van der Waals surface area contributed by atoms with E-state index >= 15 is 0 Å². The Balaban J connectivity index is 1.45. The molecule has 1 aromatic heterocycles. The second-order valence-corrected chi connectivity index (χ2v) is 7.85. The van der Waals surface area contributed by atoms with Crippen LogP contribution in [0.5, 0.6) is 0 Å². The predicted molar refractivity (Wildman–Crippen MR) is 109 cm³/mol. The fourth-order valence-corrected chi connectivity index (χ4v) is 4.11. The van der Waals surface area contributed by atoms with Crippen LogP contribution in [-0.4, -0.2) is 84.7 Å². The lowest BCUT2D eigenvalue weighted by atomic mass is 10.2. The number of hydrogen-bond acceptors (Lipinski definition) is 5. The van der Waals surface area contributed by atoms with Crippen LogP contribution >= 0.6 is 0 Å². The lowest BCUT2D eigenvalue weighted by Gasteiger charge is -2.36. The number of hydrogen-bond donors (Lipinski definition) is 1. The van der Waals surface area contributed by atoms with Crippen LogP contribution in [0.25, 0.3) is 0 Å². The lowest BCUT2D eigenvalue weighted by molar-refractivity contribution is 0.168. The van der Waals surface area contributed by atoms with Crippen molar-refractivity contribution in [2.75, 3.05) is 52.9 Å². The highest BCUT2D eigenvalue weighted by Gasteiger charge is 2.21. The van der Waals surface area contributed by atoms with Gasteiger partial charge in [0.15, 0.2) is 5.96 Å². The highest BCUT2D eigenvalue weighted by atomic mass is 16.5. The number of rotatable bonds is 7. The van der Waals surface area contributed by atoms with Gasteiger partial charge in [0.1, 0.15) is 5.76 Å².